The maximum absolute atomic E-state index is 12.7. The van der Waals surface area contributed by atoms with E-state index in [2.05, 4.69) is 20.9 Å². The molecule has 2 aromatic rings. The van der Waals surface area contributed by atoms with Gasteiger partial charge in [0.2, 0.25) is 0 Å². The van der Waals surface area contributed by atoms with Crippen molar-refractivity contribution in [3.8, 4) is 0 Å². The first kappa shape index (κ1) is 27.7. The van der Waals surface area contributed by atoms with Crippen LogP contribution in [0, 0.1) is 0 Å². The summed E-state index contributed by atoms with van der Waals surface area (Å²) < 4.78 is 5.25. The molecule has 0 saturated heterocycles. The van der Waals surface area contributed by atoms with Crippen molar-refractivity contribution in [1.29, 1.82) is 0 Å². The van der Waals surface area contributed by atoms with Crippen LogP contribution in [0.3, 0.4) is 0 Å². The van der Waals surface area contributed by atoms with Crippen LogP contribution in [-0.2, 0) is 4.74 Å². The van der Waals surface area contributed by atoms with Gasteiger partial charge in [-0.15, -0.1) is 0 Å². The molecule has 0 aliphatic heterocycles. The number of hydrogen-bond donors (Lipinski definition) is 5. The first-order chi connectivity index (χ1) is 16.6. The Hall–Kier alpha value is -3.54. The number of amides is 3. The highest BCUT2D eigenvalue weighted by atomic mass is 16.6. The average Bonchev–Trinajstić information content (AvgIpc) is 2.79. The molecule has 190 valence electrons. The van der Waals surface area contributed by atoms with Crippen molar-refractivity contribution in [2.45, 2.75) is 26.4 Å². The lowest BCUT2D eigenvalue weighted by Crippen LogP contribution is -2.37. The molecule has 0 aliphatic rings. The van der Waals surface area contributed by atoms with Crippen LogP contribution in [0.15, 0.2) is 42.6 Å². The Bertz CT molecular complexity index is 985. The molecule has 0 radical (unpaired) electrons. The largest absolute Gasteiger partial charge is 0.444 e. The van der Waals surface area contributed by atoms with Crippen LogP contribution in [0.4, 0.5) is 16.2 Å². The van der Waals surface area contributed by atoms with Crippen LogP contribution >= 0.6 is 0 Å². The van der Waals surface area contributed by atoms with Gasteiger partial charge < -0.3 is 25.6 Å². The SMILES string of the molecule is CC(C)(C)OC(=O)Nc1ccccc1NC(=O)c1ccc(C(=O)NCCN(CCO)CCO)cn1. The highest BCUT2D eigenvalue weighted by Gasteiger charge is 2.18. The van der Waals surface area contributed by atoms with Crippen LogP contribution in [0.5, 0.6) is 0 Å². The smallest absolute Gasteiger partial charge is 0.412 e. The number of nitrogens with one attached hydrogen (secondary N) is 3. The lowest BCUT2D eigenvalue weighted by Gasteiger charge is -2.20. The van der Waals surface area contributed by atoms with Crippen molar-refractivity contribution in [1.82, 2.24) is 15.2 Å². The van der Waals surface area contributed by atoms with Crippen molar-refractivity contribution < 1.29 is 29.3 Å². The van der Waals surface area contributed by atoms with Gasteiger partial charge in [-0.1, -0.05) is 12.1 Å². The number of anilines is 2. The fourth-order valence-electron chi connectivity index (χ4n) is 3.01. The molecule has 3 amide bonds. The number of hydrogen-bond acceptors (Lipinski definition) is 8. The predicted molar refractivity (Wildman–Crippen MR) is 131 cm³/mol. The van der Waals surface area contributed by atoms with Crippen LogP contribution in [0.2, 0.25) is 0 Å². The molecule has 1 heterocycles. The second kappa shape index (κ2) is 13.4. The molecule has 0 spiro atoms. The third kappa shape index (κ3) is 9.69. The highest BCUT2D eigenvalue weighted by molar-refractivity contribution is 6.06. The Kier molecular flexibility index (Phi) is 10.6. The molecule has 35 heavy (non-hydrogen) atoms. The van der Waals surface area contributed by atoms with E-state index in [4.69, 9.17) is 14.9 Å². The maximum Gasteiger partial charge on any atom is 0.412 e. The Morgan fingerprint density at radius 3 is 2.09 bits per heavy atom. The fourth-order valence-corrected chi connectivity index (χ4v) is 3.01. The maximum atomic E-state index is 12.7. The van der Waals surface area contributed by atoms with E-state index in [1.54, 1.807) is 45.0 Å². The number of carbonyl (C=O) groups excluding carboxylic acids is 3. The molecule has 0 saturated carbocycles. The minimum Gasteiger partial charge on any atom is -0.444 e. The van der Waals surface area contributed by atoms with Gasteiger partial charge in [0.1, 0.15) is 11.3 Å². The topological polar surface area (TPSA) is 153 Å². The number of rotatable bonds is 11. The second-order valence-electron chi connectivity index (χ2n) is 8.60. The molecular formula is C24H33N5O6. The first-order valence-electron chi connectivity index (χ1n) is 11.2. The van der Waals surface area contributed by atoms with Crippen molar-refractivity contribution in [2.75, 3.05) is 50.0 Å². The van der Waals surface area contributed by atoms with E-state index in [0.29, 0.717) is 37.6 Å². The highest BCUT2D eigenvalue weighted by Crippen LogP contribution is 2.22. The van der Waals surface area contributed by atoms with E-state index < -0.39 is 17.6 Å². The monoisotopic (exact) mass is 487 g/mol. The average molecular weight is 488 g/mol. The molecule has 0 atom stereocenters. The number of benzene rings is 1. The summed E-state index contributed by atoms with van der Waals surface area (Å²) in [4.78, 5) is 43.0. The zero-order chi connectivity index (χ0) is 25.8. The van der Waals surface area contributed by atoms with Gasteiger partial charge in [-0.25, -0.2) is 4.79 Å². The van der Waals surface area contributed by atoms with E-state index in [9.17, 15) is 14.4 Å². The van der Waals surface area contributed by atoms with E-state index in [1.165, 1.54) is 18.3 Å². The Morgan fingerprint density at radius 2 is 1.54 bits per heavy atom. The van der Waals surface area contributed by atoms with E-state index in [0.717, 1.165) is 0 Å². The Morgan fingerprint density at radius 1 is 0.914 bits per heavy atom. The van der Waals surface area contributed by atoms with Crippen molar-refractivity contribution in [3.63, 3.8) is 0 Å². The molecule has 11 nitrogen and oxygen atoms in total. The summed E-state index contributed by atoms with van der Waals surface area (Å²) in [5.41, 5.74) is 0.429. The number of pyridine rings is 1. The Balaban J connectivity index is 1.95. The molecular weight excluding hydrogens is 454 g/mol. The van der Waals surface area contributed by atoms with Crippen molar-refractivity contribution in [2.24, 2.45) is 0 Å². The molecule has 11 heteroatoms. The quantitative estimate of drug-likeness (QED) is 0.321. The van der Waals surface area contributed by atoms with Gasteiger partial charge in [0.25, 0.3) is 11.8 Å². The van der Waals surface area contributed by atoms with Crippen LogP contribution < -0.4 is 16.0 Å². The minimum atomic E-state index is -0.668. The number of nitrogens with zero attached hydrogens (tertiary/aromatic N) is 2. The van der Waals surface area contributed by atoms with E-state index >= 15 is 0 Å². The molecule has 0 bridgehead atoms. The summed E-state index contributed by atoms with van der Waals surface area (Å²) in [6, 6.07) is 9.59. The van der Waals surface area contributed by atoms with Gasteiger partial charge in [0, 0.05) is 32.4 Å². The van der Waals surface area contributed by atoms with Crippen LogP contribution in [0.25, 0.3) is 0 Å². The van der Waals surface area contributed by atoms with Gasteiger partial charge in [0.05, 0.1) is 30.2 Å². The zero-order valence-electron chi connectivity index (χ0n) is 20.2. The van der Waals surface area contributed by atoms with Crippen LogP contribution in [0.1, 0.15) is 41.6 Å². The van der Waals surface area contributed by atoms with Gasteiger partial charge in [-0.2, -0.15) is 0 Å². The van der Waals surface area contributed by atoms with E-state index in [1.807, 2.05) is 4.90 Å². The zero-order valence-corrected chi connectivity index (χ0v) is 20.2. The second-order valence-corrected chi connectivity index (χ2v) is 8.60. The van der Waals surface area contributed by atoms with E-state index in [-0.39, 0.29) is 30.4 Å². The molecule has 0 fully saturated rings. The number of carbonyl (C=O) groups is 3. The molecule has 1 aromatic heterocycles. The molecule has 0 unspecified atom stereocenters. The van der Waals surface area contributed by atoms with Crippen molar-refractivity contribution >= 4 is 29.3 Å². The van der Waals surface area contributed by atoms with Gasteiger partial charge in [0.15, 0.2) is 0 Å². The summed E-state index contributed by atoms with van der Waals surface area (Å²) in [5.74, 6) is -0.872. The number of aliphatic hydroxyl groups excluding tert-OH is 2. The number of aromatic nitrogens is 1. The number of ether oxygens (including phenoxy) is 1. The van der Waals surface area contributed by atoms with Gasteiger partial charge in [-0.3, -0.25) is 24.8 Å². The number of para-hydroxylation sites is 2. The van der Waals surface area contributed by atoms with Crippen molar-refractivity contribution in [3.05, 3.63) is 53.9 Å². The lowest BCUT2D eigenvalue weighted by atomic mass is 10.2. The predicted octanol–water partition coefficient (Wildman–Crippen LogP) is 1.70. The molecule has 2 rings (SSSR count). The van der Waals surface area contributed by atoms with Gasteiger partial charge in [-0.05, 0) is 45.0 Å². The minimum absolute atomic E-state index is 0.0388. The third-order valence-corrected chi connectivity index (χ3v) is 4.62. The molecule has 5 N–H and O–H groups in total. The van der Waals surface area contributed by atoms with Crippen LogP contribution in [-0.4, -0.2) is 83.0 Å². The summed E-state index contributed by atoms with van der Waals surface area (Å²) in [6.45, 7) is 6.76. The number of aliphatic hydroxyl groups is 2. The molecule has 1 aromatic carbocycles. The summed E-state index contributed by atoms with van der Waals surface area (Å²) in [5, 5.41) is 26.1. The molecule has 0 aliphatic carbocycles. The third-order valence-electron chi connectivity index (χ3n) is 4.62. The van der Waals surface area contributed by atoms with Gasteiger partial charge >= 0.3 is 6.09 Å². The summed E-state index contributed by atoms with van der Waals surface area (Å²) >= 11 is 0. The Labute approximate surface area is 204 Å². The fraction of sp³-hybridized carbons (Fsp3) is 0.417. The standard InChI is InChI=1S/C24H33N5O6/c1-24(2,3)35-23(34)28-19-7-5-4-6-18(19)27-22(33)20-9-8-17(16-26-20)21(32)25-10-11-29(12-14-30)13-15-31/h4-9,16,30-31H,10-15H2,1-3H3,(H,25,32)(H,27,33)(H,28,34). The normalized spacial score (nSPS) is 11.1. The summed E-state index contributed by atoms with van der Waals surface area (Å²) in [7, 11) is 0. The summed E-state index contributed by atoms with van der Waals surface area (Å²) in [6.07, 6.45) is 0.650. The lowest BCUT2D eigenvalue weighted by molar-refractivity contribution is 0.0635. The first-order valence-corrected chi connectivity index (χ1v) is 11.2.